The Balaban J connectivity index is 1.24. The van der Waals surface area contributed by atoms with Gasteiger partial charge in [0.25, 0.3) is 0 Å². The van der Waals surface area contributed by atoms with Gasteiger partial charge in [0.2, 0.25) is 5.91 Å². The first-order valence-electron chi connectivity index (χ1n) is 10.5. The molecule has 1 aromatic rings. The summed E-state index contributed by atoms with van der Waals surface area (Å²) in [6.07, 6.45) is 7.53. The van der Waals surface area contributed by atoms with Crippen LogP contribution in [0.3, 0.4) is 0 Å². The number of fused-ring (bicyclic) bond motifs is 1. The van der Waals surface area contributed by atoms with Crippen molar-refractivity contribution < 1.29 is 13.9 Å². The number of benzene rings is 1. The number of hydrogen-bond donors (Lipinski definition) is 0. The fourth-order valence-electron chi connectivity index (χ4n) is 4.25. The predicted molar refractivity (Wildman–Crippen MR) is 105 cm³/mol. The van der Waals surface area contributed by atoms with Crippen LogP contribution in [0.4, 0.5) is 10.1 Å². The highest BCUT2D eigenvalue weighted by molar-refractivity contribution is 5.96. The molecule has 1 aromatic carbocycles. The smallest absolute Gasteiger partial charge is 0.227 e. The Morgan fingerprint density at radius 2 is 1.89 bits per heavy atom. The van der Waals surface area contributed by atoms with Crippen LogP contribution in [0.5, 0.6) is 0 Å². The second-order valence-electron chi connectivity index (χ2n) is 8.45. The largest absolute Gasteiger partial charge is 0.378 e. The fourth-order valence-corrected chi connectivity index (χ4v) is 4.25. The van der Waals surface area contributed by atoms with Crippen LogP contribution in [0.1, 0.15) is 49.7 Å². The number of carbonyl (C=O) groups excluding carboxylic acids is 1. The zero-order valence-corrected chi connectivity index (χ0v) is 16.4. The van der Waals surface area contributed by atoms with Crippen LogP contribution in [0.25, 0.3) is 0 Å². The van der Waals surface area contributed by atoms with E-state index in [1.54, 1.807) is 17.9 Å². The molecule has 0 bridgehead atoms. The van der Waals surface area contributed by atoms with Crippen molar-refractivity contribution in [2.24, 2.45) is 5.92 Å². The first-order chi connectivity index (χ1) is 13.1. The molecule has 1 aliphatic carbocycles. The van der Waals surface area contributed by atoms with Crippen LogP contribution in [0, 0.1) is 18.7 Å². The monoisotopic (exact) mass is 374 g/mol. The summed E-state index contributed by atoms with van der Waals surface area (Å²) in [4.78, 5) is 16.7. The molecule has 3 aliphatic rings. The molecular formula is C22H31FN2O2. The lowest BCUT2D eigenvalue weighted by molar-refractivity contribution is -0.118. The Kier molecular flexibility index (Phi) is 5.79. The van der Waals surface area contributed by atoms with E-state index in [2.05, 4.69) is 4.90 Å². The Hall–Kier alpha value is -1.46. The Labute approximate surface area is 161 Å². The molecule has 2 aliphatic heterocycles. The minimum absolute atomic E-state index is 0.123. The van der Waals surface area contributed by atoms with Crippen molar-refractivity contribution in [3.63, 3.8) is 0 Å². The molecule has 1 saturated heterocycles. The van der Waals surface area contributed by atoms with Gasteiger partial charge in [-0.25, -0.2) is 4.39 Å². The van der Waals surface area contributed by atoms with E-state index >= 15 is 0 Å². The van der Waals surface area contributed by atoms with Gasteiger partial charge in [-0.15, -0.1) is 0 Å². The molecule has 5 heteroatoms. The standard InChI is InChI=1S/C22H31FN2O2/c1-16-13-18-5-6-22(26)25(21(18)14-20(16)23)10-2-9-24-11-7-19(8-12-24)27-15-17-3-4-17/h13-14,17,19H,2-12,15H2,1H3. The number of likely N-dealkylation sites (tertiary alicyclic amines) is 1. The van der Waals surface area contributed by atoms with Crippen molar-refractivity contribution in [2.45, 2.75) is 58.0 Å². The molecular weight excluding hydrogens is 343 g/mol. The van der Waals surface area contributed by atoms with Gasteiger partial charge in [0.05, 0.1) is 6.10 Å². The highest BCUT2D eigenvalue weighted by Gasteiger charge is 2.27. The van der Waals surface area contributed by atoms with E-state index in [1.165, 1.54) is 12.8 Å². The molecule has 4 nitrogen and oxygen atoms in total. The quantitative estimate of drug-likeness (QED) is 0.730. The van der Waals surface area contributed by atoms with E-state index in [4.69, 9.17) is 4.74 Å². The van der Waals surface area contributed by atoms with E-state index in [-0.39, 0.29) is 11.7 Å². The number of ether oxygens (including phenoxy) is 1. The first-order valence-corrected chi connectivity index (χ1v) is 10.5. The highest BCUT2D eigenvalue weighted by atomic mass is 19.1. The van der Waals surface area contributed by atoms with Gasteiger partial charge in [-0.05, 0) is 75.1 Å². The second kappa shape index (κ2) is 8.27. The number of rotatable bonds is 7. The zero-order valence-electron chi connectivity index (χ0n) is 16.4. The van der Waals surface area contributed by atoms with Gasteiger partial charge in [-0.3, -0.25) is 4.79 Å². The summed E-state index contributed by atoms with van der Waals surface area (Å²) >= 11 is 0. The summed E-state index contributed by atoms with van der Waals surface area (Å²) in [6, 6.07) is 3.45. The lowest BCUT2D eigenvalue weighted by Gasteiger charge is -2.33. The molecule has 0 unspecified atom stereocenters. The van der Waals surface area contributed by atoms with Crippen LogP contribution in [0.15, 0.2) is 12.1 Å². The van der Waals surface area contributed by atoms with Crippen molar-refractivity contribution in [1.82, 2.24) is 4.90 Å². The van der Waals surface area contributed by atoms with Crippen LogP contribution in [-0.2, 0) is 16.0 Å². The van der Waals surface area contributed by atoms with Gasteiger partial charge in [-0.2, -0.15) is 0 Å². The summed E-state index contributed by atoms with van der Waals surface area (Å²) in [6.45, 7) is 6.56. The maximum absolute atomic E-state index is 14.0. The second-order valence-corrected chi connectivity index (χ2v) is 8.45. The third kappa shape index (κ3) is 4.69. The molecule has 4 rings (SSSR count). The van der Waals surface area contributed by atoms with Crippen molar-refractivity contribution >= 4 is 11.6 Å². The number of piperidine rings is 1. The third-order valence-electron chi connectivity index (χ3n) is 6.22. The van der Waals surface area contributed by atoms with E-state index in [9.17, 15) is 9.18 Å². The molecule has 1 saturated carbocycles. The van der Waals surface area contributed by atoms with Gasteiger partial charge in [0.15, 0.2) is 0 Å². The van der Waals surface area contributed by atoms with E-state index in [0.717, 1.165) is 69.1 Å². The summed E-state index contributed by atoms with van der Waals surface area (Å²) in [5, 5.41) is 0. The number of hydrogen-bond acceptors (Lipinski definition) is 3. The molecule has 0 aromatic heterocycles. The van der Waals surface area contributed by atoms with Gasteiger partial charge < -0.3 is 14.5 Å². The van der Waals surface area contributed by atoms with Crippen molar-refractivity contribution in [3.8, 4) is 0 Å². The van der Waals surface area contributed by atoms with Crippen LogP contribution in [0.2, 0.25) is 0 Å². The third-order valence-corrected chi connectivity index (χ3v) is 6.22. The predicted octanol–water partition coefficient (Wildman–Crippen LogP) is 3.69. The highest BCUT2D eigenvalue weighted by Crippen LogP contribution is 2.31. The Morgan fingerprint density at radius 3 is 2.63 bits per heavy atom. The van der Waals surface area contributed by atoms with Crippen LogP contribution < -0.4 is 4.90 Å². The van der Waals surface area contributed by atoms with Gasteiger partial charge in [0, 0.05) is 38.3 Å². The summed E-state index contributed by atoms with van der Waals surface area (Å²) < 4.78 is 20.0. The maximum Gasteiger partial charge on any atom is 0.227 e. The molecule has 0 radical (unpaired) electrons. The number of anilines is 1. The first kappa shape index (κ1) is 18.9. The summed E-state index contributed by atoms with van der Waals surface area (Å²) in [5.41, 5.74) is 2.54. The molecule has 2 heterocycles. The number of nitrogens with zero attached hydrogens (tertiary/aromatic N) is 2. The topological polar surface area (TPSA) is 32.8 Å². The minimum Gasteiger partial charge on any atom is -0.378 e. The van der Waals surface area contributed by atoms with Gasteiger partial charge in [-0.1, -0.05) is 6.07 Å². The van der Waals surface area contributed by atoms with Crippen LogP contribution >= 0.6 is 0 Å². The maximum atomic E-state index is 14.0. The average Bonchev–Trinajstić information content (AvgIpc) is 3.49. The lowest BCUT2D eigenvalue weighted by atomic mass is 9.98. The Bertz CT molecular complexity index is 681. The number of aryl methyl sites for hydroxylation is 2. The van der Waals surface area contributed by atoms with Crippen molar-refractivity contribution in [1.29, 1.82) is 0 Å². The van der Waals surface area contributed by atoms with E-state index in [1.807, 2.05) is 6.07 Å². The minimum atomic E-state index is -0.221. The van der Waals surface area contributed by atoms with Crippen LogP contribution in [-0.4, -0.2) is 49.7 Å². The van der Waals surface area contributed by atoms with Crippen molar-refractivity contribution in [2.75, 3.05) is 37.7 Å². The van der Waals surface area contributed by atoms with Gasteiger partial charge in [0.1, 0.15) is 5.82 Å². The zero-order chi connectivity index (χ0) is 18.8. The molecule has 2 fully saturated rings. The molecule has 1 amide bonds. The molecule has 0 atom stereocenters. The lowest BCUT2D eigenvalue weighted by Crippen LogP contribution is -2.40. The molecule has 0 spiro atoms. The normalized spacial score (nSPS) is 21.6. The van der Waals surface area contributed by atoms with E-state index in [0.29, 0.717) is 24.6 Å². The summed E-state index contributed by atoms with van der Waals surface area (Å²) in [5.74, 6) is 0.737. The number of carbonyl (C=O) groups is 1. The van der Waals surface area contributed by atoms with E-state index < -0.39 is 0 Å². The average molecular weight is 375 g/mol. The van der Waals surface area contributed by atoms with Gasteiger partial charge >= 0.3 is 0 Å². The molecule has 27 heavy (non-hydrogen) atoms. The van der Waals surface area contributed by atoms with Crippen molar-refractivity contribution in [3.05, 3.63) is 29.1 Å². The summed E-state index contributed by atoms with van der Waals surface area (Å²) in [7, 11) is 0. The number of amides is 1. The number of halogens is 1. The SMILES string of the molecule is Cc1cc2c(cc1F)N(CCCN1CCC(OCC3CC3)CC1)C(=O)CC2. The molecule has 148 valence electrons. The fraction of sp³-hybridized carbons (Fsp3) is 0.682. The molecule has 0 N–H and O–H groups in total. The Morgan fingerprint density at radius 1 is 1.11 bits per heavy atom.